The number of nitrogens with one attached hydrogen (secondary N) is 1. The van der Waals surface area contributed by atoms with E-state index in [2.05, 4.69) is 70.8 Å². The van der Waals surface area contributed by atoms with E-state index in [1.807, 2.05) is 20.8 Å². The van der Waals surface area contributed by atoms with Crippen LogP contribution in [0.25, 0.3) is 5.57 Å². The number of hydrogen-bond acceptors (Lipinski definition) is 1. The summed E-state index contributed by atoms with van der Waals surface area (Å²) in [6, 6.07) is 11.3. The summed E-state index contributed by atoms with van der Waals surface area (Å²) in [5, 5.41) is 2.25. The van der Waals surface area contributed by atoms with Gasteiger partial charge in [-0.1, -0.05) is 80.8 Å². The van der Waals surface area contributed by atoms with Crippen molar-refractivity contribution in [3.05, 3.63) is 83.0 Å². The molecule has 0 radical (unpaired) electrons. The van der Waals surface area contributed by atoms with Crippen LogP contribution in [0.1, 0.15) is 79.4 Å². The minimum absolute atomic E-state index is 0.119. The van der Waals surface area contributed by atoms with Crippen molar-refractivity contribution >= 4 is 17.2 Å². The first-order chi connectivity index (χ1) is 15.0. The number of carbonyl (C=O) groups excluding carboxylic acids is 1. The van der Waals surface area contributed by atoms with Gasteiger partial charge in [-0.05, 0) is 58.7 Å². The topological polar surface area (TPSA) is 29.1 Å². The van der Waals surface area contributed by atoms with Gasteiger partial charge in [-0.2, -0.15) is 0 Å². The molecule has 0 fully saturated rings. The van der Waals surface area contributed by atoms with Crippen LogP contribution in [0.15, 0.2) is 60.2 Å². The van der Waals surface area contributed by atoms with Gasteiger partial charge in [-0.25, -0.2) is 8.78 Å². The molecule has 2 aromatic carbocycles. The fourth-order valence-electron chi connectivity index (χ4n) is 2.02. The molecule has 0 saturated carbocycles. The molecular weight excluding hydrogens is 404 g/mol. The maximum atomic E-state index is 12.9. The average molecular weight is 446 g/mol. The van der Waals surface area contributed by atoms with Gasteiger partial charge < -0.3 is 5.32 Å². The Hall–Kier alpha value is -2.75. The second-order valence-corrected chi connectivity index (χ2v) is 7.31. The van der Waals surface area contributed by atoms with E-state index in [1.165, 1.54) is 28.7 Å². The molecule has 1 amide bonds. The molecule has 2 rings (SSSR count). The van der Waals surface area contributed by atoms with Gasteiger partial charge in [0.2, 0.25) is 5.91 Å². The Morgan fingerprint density at radius 1 is 0.906 bits per heavy atom. The number of allylic oxidation sites excluding steroid dienone is 3. The van der Waals surface area contributed by atoms with E-state index in [4.69, 9.17) is 0 Å². The second kappa shape index (κ2) is 17.9. The van der Waals surface area contributed by atoms with Gasteiger partial charge in [-0.3, -0.25) is 4.79 Å². The molecule has 2 nitrogen and oxygen atoms in total. The molecule has 1 N–H and O–H groups in total. The lowest BCUT2D eigenvalue weighted by Crippen LogP contribution is -2.10. The number of hydrogen-bond donors (Lipinski definition) is 1. The standard InChI is InChI=1S/C10H12.C9H9F2NO.C7H14.C2H6/c1-8(2)10-6-4-9(3)5-7-10;1-2-9(13)12-8-5-6(10)3-4-7(8)11;1-5-7(4)6(2)3;1-2/h4-7H,1H2,2-3H3;3-5H,2H2,1H3,(H,12,13);5H2,1-4H3;1-2H3. The van der Waals surface area contributed by atoms with Crippen molar-refractivity contribution in [2.75, 3.05) is 5.32 Å². The molecule has 0 bridgehead atoms. The molecule has 178 valence electrons. The van der Waals surface area contributed by atoms with Crippen LogP contribution < -0.4 is 5.32 Å². The fourth-order valence-corrected chi connectivity index (χ4v) is 2.02. The van der Waals surface area contributed by atoms with E-state index in [0.717, 1.165) is 23.8 Å². The molecule has 2 aromatic rings. The summed E-state index contributed by atoms with van der Waals surface area (Å²) in [5.74, 6) is -1.56. The highest BCUT2D eigenvalue weighted by Crippen LogP contribution is 2.15. The van der Waals surface area contributed by atoms with Gasteiger partial charge in [0.05, 0.1) is 5.69 Å². The Labute approximate surface area is 194 Å². The second-order valence-electron chi connectivity index (χ2n) is 7.31. The van der Waals surface area contributed by atoms with Crippen LogP contribution >= 0.6 is 0 Å². The molecule has 0 aliphatic heterocycles. The summed E-state index contributed by atoms with van der Waals surface area (Å²) < 4.78 is 25.5. The number of aryl methyl sites for hydroxylation is 1. The van der Waals surface area contributed by atoms with Gasteiger partial charge in [0.15, 0.2) is 0 Å². The maximum absolute atomic E-state index is 12.9. The monoisotopic (exact) mass is 445 g/mol. The van der Waals surface area contributed by atoms with Crippen molar-refractivity contribution in [1.82, 2.24) is 0 Å². The zero-order valence-corrected chi connectivity index (χ0v) is 21.3. The van der Waals surface area contributed by atoms with Crippen LogP contribution in [0.2, 0.25) is 0 Å². The largest absolute Gasteiger partial charge is 0.324 e. The number of anilines is 1. The lowest BCUT2D eigenvalue weighted by Gasteiger charge is -2.04. The highest BCUT2D eigenvalue weighted by molar-refractivity contribution is 5.90. The van der Waals surface area contributed by atoms with E-state index in [0.29, 0.717) is 0 Å². The van der Waals surface area contributed by atoms with Gasteiger partial charge >= 0.3 is 0 Å². The number of amides is 1. The third-order valence-corrected chi connectivity index (χ3v) is 4.45. The van der Waals surface area contributed by atoms with Crippen molar-refractivity contribution in [3.8, 4) is 0 Å². The van der Waals surface area contributed by atoms with Crippen LogP contribution in [-0.4, -0.2) is 5.91 Å². The van der Waals surface area contributed by atoms with Crippen LogP contribution in [0.3, 0.4) is 0 Å². The molecule has 0 saturated heterocycles. The molecule has 0 aromatic heterocycles. The Kier molecular flexibility index (Phi) is 17.6. The molecule has 32 heavy (non-hydrogen) atoms. The quantitative estimate of drug-likeness (QED) is 0.467. The smallest absolute Gasteiger partial charge is 0.224 e. The molecule has 0 spiro atoms. The fraction of sp³-hybridized carbons (Fsp3) is 0.393. The molecular formula is C28H41F2NO. The van der Waals surface area contributed by atoms with Crippen LogP contribution in [-0.2, 0) is 4.79 Å². The molecule has 0 atom stereocenters. The van der Waals surface area contributed by atoms with Crippen molar-refractivity contribution < 1.29 is 13.6 Å². The van der Waals surface area contributed by atoms with E-state index in [9.17, 15) is 13.6 Å². The number of rotatable bonds is 4. The Morgan fingerprint density at radius 2 is 1.44 bits per heavy atom. The highest BCUT2D eigenvalue weighted by atomic mass is 19.1. The summed E-state index contributed by atoms with van der Waals surface area (Å²) in [7, 11) is 0. The van der Waals surface area contributed by atoms with Gasteiger partial charge in [0.1, 0.15) is 11.6 Å². The highest BCUT2D eigenvalue weighted by Gasteiger charge is 2.05. The summed E-state index contributed by atoms with van der Waals surface area (Å²) >= 11 is 0. The molecule has 4 heteroatoms. The van der Waals surface area contributed by atoms with E-state index in [1.54, 1.807) is 6.92 Å². The zero-order valence-electron chi connectivity index (χ0n) is 21.3. The van der Waals surface area contributed by atoms with Crippen LogP contribution in [0, 0.1) is 18.6 Å². The summed E-state index contributed by atoms with van der Waals surface area (Å²) in [4.78, 5) is 10.8. The molecule has 0 unspecified atom stereocenters. The van der Waals surface area contributed by atoms with Gasteiger partial charge in [0.25, 0.3) is 0 Å². The van der Waals surface area contributed by atoms with Crippen molar-refractivity contribution in [1.29, 1.82) is 0 Å². The predicted molar refractivity (Wildman–Crippen MR) is 137 cm³/mol. The van der Waals surface area contributed by atoms with Crippen LogP contribution in [0.4, 0.5) is 14.5 Å². The number of carbonyl (C=O) groups is 1. The maximum Gasteiger partial charge on any atom is 0.224 e. The first-order valence-corrected chi connectivity index (χ1v) is 11.1. The number of halogens is 2. The lowest BCUT2D eigenvalue weighted by atomic mass is 10.1. The van der Waals surface area contributed by atoms with E-state index < -0.39 is 11.6 Å². The van der Waals surface area contributed by atoms with Crippen LogP contribution in [0.5, 0.6) is 0 Å². The summed E-state index contributed by atoms with van der Waals surface area (Å²) in [5.41, 5.74) is 6.50. The first kappa shape index (κ1) is 31.4. The van der Waals surface area contributed by atoms with Gasteiger partial charge in [0, 0.05) is 12.5 Å². The summed E-state index contributed by atoms with van der Waals surface area (Å²) in [6.07, 6.45) is 1.43. The molecule has 0 heterocycles. The Morgan fingerprint density at radius 3 is 1.81 bits per heavy atom. The summed E-state index contributed by atoms with van der Waals surface area (Å²) in [6.45, 7) is 22.3. The van der Waals surface area contributed by atoms with E-state index >= 15 is 0 Å². The van der Waals surface area contributed by atoms with Crippen molar-refractivity contribution in [2.45, 2.75) is 75.2 Å². The molecule has 0 aliphatic carbocycles. The molecule has 0 aliphatic rings. The zero-order chi connectivity index (χ0) is 25.3. The number of benzene rings is 2. The lowest BCUT2D eigenvalue weighted by molar-refractivity contribution is -0.115. The van der Waals surface area contributed by atoms with E-state index in [-0.39, 0.29) is 18.0 Å². The minimum Gasteiger partial charge on any atom is -0.324 e. The average Bonchev–Trinajstić information content (AvgIpc) is 2.78. The SMILES string of the molecule is C=C(C)c1ccc(C)cc1.CC.CCC(=O)Nc1cc(F)ccc1F.CCC(C)=C(C)C. The van der Waals surface area contributed by atoms with Crippen molar-refractivity contribution in [2.24, 2.45) is 0 Å². The predicted octanol–water partition coefficient (Wildman–Crippen LogP) is 9.12. The van der Waals surface area contributed by atoms with Crippen molar-refractivity contribution in [3.63, 3.8) is 0 Å². The normalized spacial score (nSPS) is 8.97. The first-order valence-electron chi connectivity index (χ1n) is 11.1. The third-order valence-electron chi connectivity index (χ3n) is 4.45. The Bertz CT molecular complexity index is 848. The minimum atomic E-state index is -0.636. The Balaban J connectivity index is 0. The van der Waals surface area contributed by atoms with Gasteiger partial charge in [-0.15, -0.1) is 0 Å². The third kappa shape index (κ3) is 14.3.